The van der Waals surface area contributed by atoms with Gasteiger partial charge in [-0.3, -0.25) is 9.59 Å². The van der Waals surface area contributed by atoms with Crippen LogP contribution in [0, 0.1) is 5.41 Å². The Morgan fingerprint density at radius 1 is 1.31 bits per heavy atom. The average Bonchev–Trinajstić information content (AvgIpc) is 2.36. The number of carbonyl (C=O) groups is 2. The molecule has 0 bridgehead atoms. The number of hydrogen-bond donors (Lipinski definition) is 2. The Balaban J connectivity index is 2.51. The van der Waals surface area contributed by atoms with Gasteiger partial charge in [0, 0.05) is 6.54 Å². The van der Waals surface area contributed by atoms with E-state index in [-0.39, 0.29) is 12.5 Å². The summed E-state index contributed by atoms with van der Waals surface area (Å²) in [5, 5.41) is 2.60. The fourth-order valence-corrected chi connectivity index (χ4v) is 2.16. The first-order chi connectivity index (χ1) is 7.64. The summed E-state index contributed by atoms with van der Waals surface area (Å²) >= 11 is 0. The maximum atomic E-state index is 12.0. The molecular formula is C11H20N2O3. The van der Waals surface area contributed by atoms with Crippen LogP contribution in [0.3, 0.4) is 0 Å². The Labute approximate surface area is 95.7 Å². The van der Waals surface area contributed by atoms with Gasteiger partial charge in [0.1, 0.15) is 6.54 Å². The van der Waals surface area contributed by atoms with Gasteiger partial charge in [-0.15, -0.1) is 0 Å². The lowest BCUT2D eigenvalue weighted by molar-refractivity contribution is -0.143. The lowest BCUT2D eigenvalue weighted by atomic mass is 9.73. The second kappa shape index (κ2) is 5.84. The van der Waals surface area contributed by atoms with E-state index in [1.54, 1.807) is 0 Å². The Morgan fingerprint density at radius 2 is 1.94 bits per heavy atom. The monoisotopic (exact) mass is 228 g/mol. The molecule has 0 aromatic heterocycles. The third-order valence-corrected chi connectivity index (χ3v) is 3.30. The minimum atomic E-state index is -0.466. The molecule has 0 radical (unpaired) electrons. The van der Waals surface area contributed by atoms with Crippen molar-refractivity contribution in [3.63, 3.8) is 0 Å². The molecule has 16 heavy (non-hydrogen) atoms. The molecule has 0 aromatic rings. The molecule has 0 atom stereocenters. The molecule has 0 saturated heterocycles. The predicted molar refractivity (Wildman–Crippen MR) is 59.6 cm³/mol. The van der Waals surface area contributed by atoms with Crippen LogP contribution in [0.2, 0.25) is 0 Å². The highest BCUT2D eigenvalue weighted by Crippen LogP contribution is 2.35. The molecule has 0 heterocycles. The van der Waals surface area contributed by atoms with Crippen molar-refractivity contribution in [3.8, 4) is 0 Å². The van der Waals surface area contributed by atoms with Crippen molar-refractivity contribution < 1.29 is 14.3 Å². The fourth-order valence-electron chi connectivity index (χ4n) is 2.16. The molecule has 1 aliphatic rings. The standard InChI is InChI=1S/C11H20N2O3/c1-16-9(14)7-13-10(15)11(8-12)5-3-2-4-6-11/h2-8,12H2,1H3,(H,13,15). The molecule has 0 spiro atoms. The van der Waals surface area contributed by atoms with Crippen LogP contribution in [0.1, 0.15) is 32.1 Å². The van der Waals surface area contributed by atoms with Gasteiger partial charge in [-0.25, -0.2) is 0 Å². The Hall–Kier alpha value is -1.10. The summed E-state index contributed by atoms with van der Waals surface area (Å²) in [5.41, 5.74) is 5.24. The van der Waals surface area contributed by atoms with Crippen molar-refractivity contribution in [2.24, 2.45) is 11.1 Å². The van der Waals surface area contributed by atoms with Gasteiger partial charge < -0.3 is 15.8 Å². The van der Waals surface area contributed by atoms with Crippen LogP contribution in [0.5, 0.6) is 0 Å². The first-order valence-corrected chi connectivity index (χ1v) is 5.70. The molecule has 0 aromatic carbocycles. The molecule has 1 fully saturated rings. The number of esters is 1. The maximum absolute atomic E-state index is 12.0. The van der Waals surface area contributed by atoms with E-state index in [9.17, 15) is 9.59 Å². The molecule has 5 nitrogen and oxygen atoms in total. The van der Waals surface area contributed by atoms with Gasteiger partial charge in [0.25, 0.3) is 0 Å². The number of carbonyl (C=O) groups excluding carboxylic acids is 2. The van der Waals surface area contributed by atoms with Crippen molar-refractivity contribution in [2.45, 2.75) is 32.1 Å². The second-order valence-electron chi connectivity index (χ2n) is 4.30. The van der Waals surface area contributed by atoms with E-state index < -0.39 is 11.4 Å². The summed E-state index contributed by atoms with van der Waals surface area (Å²) in [5.74, 6) is -0.545. The van der Waals surface area contributed by atoms with E-state index in [2.05, 4.69) is 10.1 Å². The Kier molecular flexibility index (Phi) is 4.73. The van der Waals surface area contributed by atoms with Gasteiger partial charge in [0.05, 0.1) is 12.5 Å². The van der Waals surface area contributed by atoms with Crippen LogP contribution in [-0.4, -0.2) is 32.1 Å². The third-order valence-electron chi connectivity index (χ3n) is 3.30. The zero-order valence-electron chi connectivity index (χ0n) is 9.75. The second-order valence-corrected chi connectivity index (χ2v) is 4.30. The SMILES string of the molecule is COC(=O)CNC(=O)C1(CN)CCCCC1. The molecule has 1 amide bonds. The van der Waals surface area contributed by atoms with Crippen molar-refractivity contribution in [2.75, 3.05) is 20.2 Å². The van der Waals surface area contributed by atoms with Crippen molar-refractivity contribution >= 4 is 11.9 Å². The van der Waals surface area contributed by atoms with Crippen LogP contribution in [0.25, 0.3) is 0 Å². The molecule has 0 aliphatic heterocycles. The molecule has 1 saturated carbocycles. The number of hydrogen-bond acceptors (Lipinski definition) is 4. The van der Waals surface area contributed by atoms with Crippen LogP contribution >= 0.6 is 0 Å². The molecule has 92 valence electrons. The van der Waals surface area contributed by atoms with Crippen LogP contribution in [-0.2, 0) is 14.3 Å². The Morgan fingerprint density at radius 3 is 2.44 bits per heavy atom. The molecule has 3 N–H and O–H groups in total. The highest BCUT2D eigenvalue weighted by molar-refractivity contribution is 5.86. The van der Waals surface area contributed by atoms with E-state index in [0.717, 1.165) is 32.1 Å². The smallest absolute Gasteiger partial charge is 0.325 e. The van der Waals surface area contributed by atoms with Crippen LogP contribution in [0.4, 0.5) is 0 Å². The van der Waals surface area contributed by atoms with Gasteiger partial charge in [-0.05, 0) is 12.8 Å². The summed E-state index contributed by atoms with van der Waals surface area (Å²) < 4.78 is 4.47. The van der Waals surface area contributed by atoms with Gasteiger partial charge in [-0.1, -0.05) is 19.3 Å². The third kappa shape index (κ3) is 2.95. The maximum Gasteiger partial charge on any atom is 0.325 e. The zero-order valence-corrected chi connectivity index (χ0v) is 9.75. The summed E-state index contributed by atoms with van der Waals surface area (Å²) in [4.78, 5) is 22.9. The minimum Gasteiger partial charge on any atom is -0.468 e. The van der Waals surface area contributed by atoms with E-state index in [1.807, 2.05) is 0 Å². The quantitative estimate of drug-likeness (QED) is 0.673. The number of amides is 1. The van der Waals surface area contributed by atoms with Gasteiger partial charge >= 0.3 is 5.97 Å². The van der Waals surface area contributed by atoms with E-state index in [0.29, 0.717) is 6.54 Å². The molecule has 1 rings (SSSR count). The topological polar surface area (TPSA) is 81.4 Å². The molecule has 0 unspecified atom stereocenters. The highest BCUT2D eigenvalue weighted by Gasteiger charge is 2.38. The first-order valence-electron chi connectivity index (χ1n) is 5.70. The average molecular weight is 228 g/mol. The summed E-state index contributed by atoms with van der Waals surface area (Å²) in [6, 6.07) is 0. The number of ether oxygens (including phenoxy) is 1. The van der Waals surface area contributed by atoms with Crippen LogP contribution in [0.15, 0.2) is 0 Å². The summed E-state index contributed by atoms with van der Waals surface area (Å²) in [6.07, 6.45) is 4.85. The van der Waals surface area contributed by atoms with Crippen molar-refractivity contribution in [3.05, 3.63) is 0 Å². The molecular weight excluding hydrogens is 208 g/mol. The first kappa shape index (κ1) is 13.0. The van der Waals surface area contributed by atoms with Crippen LogP contribution < -0.4 is 11.1 Å². The summed E-state index contributed by atoms with van der Waals surface area (Å²) in [7, 11) is 1.30. The van der Waals surface area contributed by atoms with Gasteiger partial charge in [-0.2, -0.15) is 0 Å². The van der Waals surface area contributed by atoms with Crippen molar-refractivity contribution in [1.82, 2.24) is 5.32 Å². The predicted octanol–water partition coefficient (Wildman–Crippen LogP) is 0.185. The van der Waals surface area contributed by atoms with Gasteiger partial charge in [0.2, 0.25) is 5.91 Å². The fraction of sp³-hybridized carbons (Fsp3) is 0.818. The highest BCUT2D eigenvalue weighted by atomic mass is 16.5. The summed E-state index contributed by atoms with van der Waals surface area (Å²) in [6.45, 7) is 0.275. The number of methoxy groups -OCH3 is 1. The Bertz CT molecular complexity index is 260. The van der Waals surface area contributed by atoms with E-state index in [1.165, 1.54) is 7.11 Å². The van der Waals surface area contributed by atoms with Gasteiger partial charge in [0.15, 0.2) is 0 Å². The normalized spacial score (nSPS) is 18.9. The largest absolute Gasteiger partial charge is 0.468 e. The molecule has 5 heteroatoms. The van der Waals surface area contributed by atoms with E-state index in [4.69, 9.17) is 5.73 Å². The van der Waals surface area contributed by atoms with E-state index >= 15 is 0 Å². The number of nitrogens with two attached hydrogens (primary N) is 1. The minimum absolute atomic E-state index is 0.0723. The number of nitrogens with one attached hydrogen (secondary N) is 1. The number of rotatable bonds is 4. The lowest BCUT2D eigenvalue weighted by Crippen LogP contribution is -2.48. The zero-order chi connectivity index (χ0) is 12.0. The molecule has 1 aliphatic carbocycles. The lowest BCUT2D eigenvalue weighted by Gasteiger charge is -2.34. The van der Waals surface area contributed by atoms with Crippen molar-refractivity contribution in [1.29, 1.82) is 0 Å².